The van der Waals surface area contributed by atoms with Crippen molar-refractivity contribution in [3.8, 4) is 0 Å². The first-order valence-corrected chi connectivity index (χ1v) is 8.97. The number of nitrogens with one attached hydrogen (secondary N) is 1. The maximum Gasteiger partial charge on any atom is 0.306 e. The molecule has 0 aliphatic rings. The van der Waals surface area contributed by atoms with Crippen LogP contribution in [0, 0.1) is 0 Å². The normalized spacial score (nSPS) is 10.3. The molecule has 5 nitrogen and oxygen atoms in total. The van der Waals surface area contributed by atoms with Crippen molar-refractivity contribution < 1.29 is 19.1 Å². The van der Waals surface area contributed by atoms with Gasteiger partial charge in [0.05, 0.1) is 0 Å². The van der Waals surface area contributed by atoms with Crippen LogP contribution in [0.1, 0.15) is 40.6 Å². The number of thiophene rings is 1. The summed E-state index contributed by atoms with van der Waals surface area (Å²) in [7, 11) is 0. The molecule has 0 spiro atoms. The number of ketones is 1. The van der Waals surface area contributed by atoms with E-state index in [2.05, 4.69) is 5.32 Å². The molecule has 132 valence electrons. The minimum absolute atomic E-state index is 0.105. The van der Waals surface area contributed by atoms with E-state index in [4.69, 9.17) is 4.74 Å². The molecule has 0 bridgehead atoms. The molecule has 0 saturated carbocycles. The summed E-state index contributed by atoms with van der Waals surface area (Å²) in [4.78, 5) is 35.8. The Hall–Kier alpha value is -2.47. The fourth-order valence-electron chi connectivity index (χ4n) is 2.20. The first-order valence-electron chi connectivity index (χ1n) is 8.09. The number of rotatable bonds is 9. The number of esters is 1. The minimum Gasteiger partial charge on any atom is -0.457 e. The third-order valence-electron chi connectivity index (χ3n) is 3.57. The lowest BCUT2D eigenvalue weighted by atomic mass is 10.1. The van der Waals surface area contributed by atoms with Crippen molar-refractivity contribution in [2.75, 3.05) is 6.61 Å². The number of hydrogen-bond acceptors (Lipinski definition) is 5. The van der Waals surface area contributed by atoms with Gasteiger partial charge in [-0.3, -0.25) is 14.4 Å². The van der Waals surface area contributed by atoms with Crippen molar-refractivity contribution in [2.45, 2.75) is 32.7 Å². The molecule has 1 N–H and O–H groups in total. The predicted octanol–water partition coefficient (Wildman–Crippen LogP) is 3.13. The van der Waals surface area contributed by atoms with Crippen LogP contribution in [0.15, 0.2) is 41.8 Å². The van der Waals surface area contributed by atoms with Crippen LogP contribution in [0.5, 0.6) is 0 Å². The summed E-state index contributed by atoms with van der Waals surface area (Å²) in [5, 5.41) is 4.70. The quantitative estimate of drug-likeness (QED) is 0.551. The lowest BCUT2D eigenvalue weighted by Crippen LogP contribution is -2.19. The van der Waals surface area contributed by atoms with E-state index in [0.29, 0.717) is 24.9 Å². The summed E-state index contributed by atoms with van der Waals surface area (Å²) >= 11 is 1.67. The first-order chi connectivity index (χ1) is 12.0. The Morgan fingerprint density at radius 1 is 1.12 bits per heavy atom. The number of carbonyl (C=O) groups excluding carboxylic acids is 3. The molecule has 0 fully saturated rings. The smallest absolute Gasteiger partial charge is 0.306 e. The zero-order chi connectivity index (χ0) is 18.1. The van der Waals surface area contributed by atoms with Crippen molar-refractivity contribution in [3.05, 3.63) is 57.8 Å². The Balaban J connectivity index is 1.70. The van der Waals surface area contributed by atoms with Gasteiger partial charge in [0.25, 0.3) is 0 Å². The van der Waals surface area contributed by atoms with Gasteiger partial charge in [-0.2, -0.15) is 0 Å². The third-order valence-corrected chi connectivity index (χ3v) is 4.50. The summed E-state index contributed by atoms with van der Waals surface area (Å²) in [6.07, 6.45) is 1.86. The number of ether oxygens (including phenoxy) is 1. The SMILES string of the molecule is CC(=O)NCc1ccc(C(=O)COC(=O)CCCc2cccs2)cc1. The first kappa shape index (κ1) is 18.9. The van der Waals surface area contributed by atoms with Gasteiger partial charge in [0, 0.05) is 30.3 Å². The number of hydrogen-bond donors (Lipinski definition) is 1. The molecular weight excluding hydrogens is 338 g/mol. The molecule has 1 aromatic heterocycles. The predicted molar refractivity (Wildman–Crippen MR) is 96.5 cm³/mol. The molecule has 2 aromatic rings. The van der Waals surface area contributed by atoms with E-state index in [9.17, 15) is 14.4 Å². The van der Waals surface area contributed by atoms with E-state index in [-0.39, 0.29) is 24.3 Å². The van der Waals surface area contributed by atoms with Crippen molar-refractivity contribution in [1.82, 2.24) is 5.32 Å². The van der Waals surface area contributed by atoms with Crippen LogP contribution >= 0.6 is 11.3 Å². The molecule has 25 heavy (non-hydrogen) atoms. The Morgan fingerprint density at radius 3 is 2.52 bits per heavy atom. The second kappa shape index (κ2) is 9.74. The lowest BCUT2D eigenvalue weighted by molar-refractivity contribution is -0.142. The van der Waals surface area contributed by atoms with E-state index < -0.39 is 0 Å². The zero-order valence-electron chi connectivity index (χ0n) is 14.1. The van der Waals surface area contributed by atoms with Gasteiger partial charge >= 0.3 is 5.97 Å². The van der Waals surface area contributed by atoms with Crippen molar-refractivity contribution in [3.63, 3.8) is 0 Å². The second-order valence-electron chi connectivity index (χ2n) is 5.62. The van der Waals surface area contributed by atoms with Crippen LogP contribution in [0.25, 0.3) is 0 Å². The van der Waals surface area contributed by atoms with Crippen LogP contribution in [-0.4, -0.2) is 24.3 Å². The molecule has 0 radical (unpaired) electrons. The van der Waals surface area contributed by atoms with Gasteiger partial charge in [0.15, 0.2) is 12.4 Å². The molecular formula is C19H21NO4S. The monoisotopic (exact) mass is 359 g/mol. The van der Waals surface area contributed by atoms with E-state index in [1.807, 2.05) is 17.5 Å². The van der Waals surface area contributed by atoms with Crippen LogP contribution in [-0.2, 0) is 27.3 Å². The fraction of sp³-hybridized carbons (Fsp3) is 0.316. The van der Waals surface area contributed by atoms with Gasteiger partial charge in [0.1, 0.15) is 0 Å². The van der Waals surface area contributed by atoms with E-state index in [1.165, 1.54) is 11.8 Å². The van der Waals surface area contributed by atoms with Gasteiger partial charge in [-0.05, 0) is 29.9 Å². The van der Waals surface area contributed by atoms with E-state index >= 15 is 0 Å². The maximum absolute atomic E-state index is 12.0. The number of amides is 1. The van der Waals surface area contributed by atoms with Crippen LogP contribution in [0.4, 0.5) is 0 Å². The molecule has 0 atom stereocenters. The Labute approximate surface area is 151 Å². The highest BCUT2D eigenvalue weighted by Crippen LogP contribution is 2.12. The fourth-order valence-corrected chi connectivity index (χ4v) is 2.95. The highest BCUT2D eigenvalue weighted by molar-refractivity contribution is 7.09. The van der Waals surface area contributed by atoms with Crippen molar-refractivity contribution in [1.29, 1.82) is 0 Å². The average molecular weight is 359 g/mol. The van der Waals surface area contributed by atoms with Crippen LogP contribution in [0.3, 0.4) is 0 Å². The van der Waals surface area contributed by atoms with Gasteiger partial charge in [-0.15, -0.1) is 11.3 Å². The van der Waals surface area contributed by atoms with Crippen molar-refractivity contribution in [2.24, 2.45) is 0 Å². The summed E-state index contributed by atoms with van der Waals surface area (Å²) in [6.45, 7) is 1.62. The summed E-state index contributed by atoms with van der Waals surface area (Å²) in [6, 6.07) is 10.9. The summed E-state index contributed by atoms with van der Waals surface area (Å²) in [5.74, 6) is -0.698. The standard InChI is InChI=1S/C19H21NO4S/c1-14(21)20-12-15-7-9-16(10-8-15)18(22)13-24-19(23)6-2-4-17-5-3-11-25-17/h3,5,7-11H,2,4,6,12-13H2,1H3,(H,20,21). The largest absolute Gasteiger partial charge is 0.457 e. The molecule has 0 aliphatic carbocycles. The minimum atomic E-state index is -0.354. The molecule has 1 aromatic carbocycles. The molecule has 0 aliphatic heterocycles. The van der Waals surface area contributed by atoms with E-state index in [0.717, 1.165) is 12.0 Å². The zero-order valence-corrected chi connectivity index (χ0v) is 14.9. The second-order valence-corrected chi connectivity index (χ2v) is 6.66. The number of benzene rings is 1. The number of Topliss-reactive ketones (excluding diaryl/α,β-unsaturated/α-hetero) is 1. The Morgan fingerprint density at radius 2 is 1.88 bits per heavy atom. The Bertz CT molecular complexity index is 708. The van der Waals surface area contributed by atoms with E-state index in [1.54, 1.807) is 35.6 Å². The lowest BCUT2D eigenvalue weighted by Gasteiger charge is -2.06. The molecule has 6 heteroatoms. The summed E-state index contributed by atoms with van der Waals surface area (Å²) < 4.78 is 5.04. The van der Waals surface area contributed by atoms with Gasteiger partial charge in [0.2, 0.25) is 5.91 Å². The molecule has 1 heterocycles. The third kappa shape index (κ3) is 6.89. The molecule has 0 unspecified atom stereocenters. The summed E-state index contributed by atoms with van der Waals surface area (Å²) in [5.41, 5.74) is 1.38. The van der Waals surface area contributed by atoms with Gasteiger partial charge in [-0.1, -0.05) is 30.3 Å². The highest BCUT2D eigenvalue weighted by Gasteiger charge is 2.10. The molecule has 1 amide bonds. The highest BCUT2D eigenvalue weighted by atomic mass is 32.1. The topological polar surface area (TPSA) is 72.5 Å². The van der Waals surface area contributed by atoms with Gasteiger partial charge in [-0.25, -0.2) is 0 Å². The van der Waals surface area contributed by atoms with Crippen molar-refractivity contribution >= 4 is 29.0 Å². The van der Waals surface area contributed by atoms with Gasteiger partial charge < -0.3 is 10.1 Å². The van der Waals surface area contributed by atoms with Crippen LogP contribution < -0.4 is 5.32 Å². The number of carbonyl (C=O) groups is 3. The van der Waals surface area contributed by atoms with Crippen LogP contribution in [0.2, 0.25) is 0 Å². The number of aryl methyl sites for hydroxylation is 1. The maximum atomic E-state index is 12.0. The Kier molecular flexibility index (Phi) is 7.35. The average Bonchev–Trinajstić information content (AvgIpc) is 3.11. The molecule has 2 rings (SSSR count). The molecule has 0 saturated heterocycles.